The molecule has 1 aliphatic heterocycles. The van der Waals surface area contributed by atoms with Gasteiger partial charge in [-0.05, 0) is 18.6 Å². The topological polar surface area (TPSA) is 52.9 Å². The molecule has 0 saturated carbocycles. The van der Waals surface area contributed by atoms with E-state index in [2.05, 4.69) is 5.16 Å². The lowest BCUT2D eigenvalue weighted by Crippen LogP contribution is -2.43. The number of carbonyl (C=O) groups is 1. The largest absolute Gasteiger partial charge is 0.411 e. The number of halogens is 1. The number of carbonyl (C=O) groups excluding carboxylic acids is 1. The molecule has 1 unspecified atom stereocenters. The number of thiophene rings is 1. The summed E-state index contributed by atoms with van der Waals surface area (Å²) < 4.78 is 0.625. The molecule has 2 rings (SSSR count). The van der Waals surface area contributed by atoms with E-state index in [0.29, 0.717) is 28.7 Å². The summed E-state index contributed by atoms with van der Waals surface area (Å²) in [5.74, 6) is 0.172. The van der Waals surface area contributed by atoms with Crippen LogP contribution in [0.1, 0.15) is 29.4 Å². The van der Waals surface area contributed by atoms with E-state index in [1.807, 2.05) is 11.8 Å². The van der Waals surface area contributed by atoms with Crippen molar-refractivity contribution in [3.63, 3.8) is 0 Å². The predicted molar refractivity (Wildman–Crippen MR) is 72.9 cm³/mol. The molecule has 0 aromatic carbocycles. The Kier molecular flexibility index (Phi) is 4.24. The second-order valence-corrected chi connectivity index (χ2v) is 6.02. The lowest BCUT2D eigenvalue weighted by atomic mass is 9.93. The molecule has 98 valence electrons. The minimum atomic E-state index is 0.0161. The Labute approximate surface area is 115 Å². The summed E-state index contributed by atoms with van der Waals surface area (Å²) in [4.78, 5) is 14.7. The molecule has 1 fully saturated rings. The fraction of sp³-hybridized carbons (Fsp3) is 0.500. The number of hydrogen-bond acceptors (Lipinski definition) is 4. The lowest BCUT2D eigenvalue weighted by molar-refractivity contribution is 0.0734. The highest BCUT2D eigenvalue weighted by Crippen LogP contribution is 2.25. The molecular weight excluding hydrogens is 272 g/mol. The van der Waals surface area contributed by atoms with Crippen molar-refractivity contribution in [3.8, 4) is 0 Å². The number of amides is 1. The van der Waals surface area contributed by atoms with Crippen molar-refractivity contribution in [1.82, 2.24) is 4.90 Å². The molecule has 1 aromatic rings. The molecular formula is C12H15ClN2O2S. The van der Waals surface area contributed by atoms with Gasteiger partial charge in [0, 0.05) is 25.4 Å². The Balaban J connectivity index is 2.09. The number of hydrogen-bond donors (Lipinski definition) is 1. The van der Waals surface area contributed by atoms with E-state index in [4.69, 9.17) is 16.8 Å². The molecule has 0 aliphatic carbocycles. The average molecular weight is 287 g/mol. The van der Waals surface area contributed by atoms with Gasteiger partial charge in [-0.15, -0.1) is 11.3 Å². The van der Waals surface area contributed by atoms with Crippen molar-refractivity contribution in [3.05, 3.63) is 21.3 Å². The first-order valence-electron chi connectivity index (χ1n) is 5.91. The molecule has 0 radical (unpaired) electrons. The molecule has 6 heteroatoms. The zero-order chi connectivity index (χ0) is 13.1. The van der Waals surface area contributed by atoms with Gasteiger partial charge in [-0.25, -0.2) is 0 Å². The minimum absolute atomic E-state index is 0.0161. The van der Waals surface area contributed by atoms with Crippen LogP contribution in [-0.4, -0.2) is 34.8 Å². The van der Waals surface area contributed by atoms with E-state index in [-0.39, 0.29) is 11.8 Å². The van der Waals surface area contributed by atoms with E-state index in [0.717, 1.165) is 12.1 Å². The number of nitrogens with zero attached hydrogens (tertiary/aromatic N) is 2. The number of likely N-dealkylation sites (tertiary alicyclic amines) is 1. The predicted octanol–water partition coefficient (Wildman–Crippen LogP) is 3.10. The van der Waals surface area contributed by atoms with Crippen LogP contribution in [0.25, 0.3) is 0 Å². The van der Waals surface area contributed by atoms with Gasteiger partial charge in [-0.2, -0.15) is 0 Å². The number of rotatable bonds is 2. The van der Waals surface area contributed by atoms with Gasteiger partial charge in [0.25, 0.3) is 5.91 Å². The van der Waals surface area contributed by atoms with E-state index >= 15 is 0 Å². The average Bonchev–Trinajstić information content (AvgIpc) is 2.83. The molecule has 18 heavy (non-hydrogen) atoms. The minimum Gasteiger partial charge on any atom is -0.411 e. The normalized spacial score (nSPS) is 22.4. The first-order chi connectivity index (χ1) is 8.65. The van der Waals surface area contributed by atoms with Gasteiger partial charge in [-0.3, -0.25) is 4.79 Å². The zero-order valence-electron chi connectivity index (χ0n) is 10.1. The third-order valence-electron chi connectivity index (χ3n) is 3.24. The zero-order valence-corrected chi connectivity index (χ0v) is 11.7. The van der Waals surface area contributed by atoms with Crippen LogP contribution in [0.2, 0.25) is 4.34 Å². The van der Waals surface area contributed by atoms with Crippen LogP contribution in [0.4, 0.5) is 0 Å². The third-order valence-corrected chi connectivity index (χ3v) is 4.46. The summed E-state index contributed by atoms with van der Waals surface area (Å²) >= 11 is 7.14. The van der Waals surface area contributed by atoms with Crippen LogP contribution < -0.4 is 0 Å². The lowest BCUT2D eigenvalue weighted by Gasteiger charge is -2.32. The van der Waals surface area contributed by atoms with Crippen LogP contribution in [0.3, 0.4) is 0 Å². The monoisotopic (exact) mass is 286 g/mol. The summed E-state index contributed by atoms with van der Waals surface area (Å²) in [5.41, 5.74) is 0.797. The molecule has 2 heterocycles. The van der Waals surface area contributed by atoms with Gasteiger partial charge in [0.1, 0.15) is 0 Å². The molecule has 1 aliphatic rings. The van der Waals surface area contributed by atoms with E-state index < -0.39 is 0 Å². The maximum atomic E-state index is 12.2. The van der Waals surface area contributed by atoms with Crippen LogP contribution in [0.5, 0.6) is 0 Å². The Hall–Kier alpha value is -1.07. The molecule has 1 atom stereocenters. The SMILES string of the molecule is CCC1CN(C(=O)c2ccc(Cl)s2)CC/C1=N\O. The van der Waals surface area contributed by atoms with Crippen LogP contribution in [0, 0.1) is 5.92 Å². The summed E-state index contributed by atoms with van der Waals surface area (Å²) in [5, 5.41) is 12.2. The number of piperidine rings is 1. The summed E-state index contributed by atoms with van der Waals surface area (Å²) in [7, 11) is 0. The Morgan fingerprint density at radius 1 is 1.67 bits per heavy atom. The standard InChI is InChI=1S/C12H15ClN2O2S/c1-2-8-7-15(6-5-9(8)14-17)12(16)10-3-4-11(13)18-10/h3-4,8,17H,2,5-7H2,1H3/b14-9+. The summed E-state index contributed by atoms with van der Waals surface area (Å²) in [6.45, 7) is 3.25. The van der Waals surface area contributed by atoms with Crippen molar-refractivity contribution < 1.29 is 10.0 Å². The smallest absolute Gasteiger partial charge is 0.264 e. The highest BCUT2D eigenvalue weighted by atomic mass is 35.5. The van der Waals surface area contributed by atoms with Gasteiger partial charge < -0.3 is 10.1 Å². The van der Waals surface area contributed by atoms with Crippen LogP contribution >= 0.6 is 22.9 Å². The molecule has 4 nitrogen and oxygen atoms in total. The fourth-order valence-corrected chi connectivity index (χ4v) is 3.19. The highest BCUT2D eigenvalue weighted by molar-refractivity contribution is 7.17. The van der Waals surface area contributed by atoms with Gasteiger partial charge in [0.05, 0.1) is 14.9 Å². The first-order valence-corrected chi connectivity index (χ1v) is 7.10. The van der Waals surface area contributed by atoms with Gasteiger partial charge in [-0.1, -0.05) is 23.7 Å². The Morgan fingerprint density at radius 3 is 3.00 bits per heavy atom. The Bertz CT molecular complexity index is 472. The first kappa shape index (κ1) is 13.4. The fourth-order valence-electron chi connectivity index (χ4n) is 2.18. The van der Waals surface area contributed by atoms with Crippen molar-refractivity contribution in [2.75, 3.05) is 13.1 Å². The Morgan fingerprint density at radius 2 is 2.44 bits per heavy atom. The van der Waals surface area contributed by atoms with Crippen molar-refractivity contribution in [2.24, 2.45) is 11.1 Å². The second-order valence-electron chi connectivity index (χ2n) is 4.30. The maximum Gasteiger partial charge on any atom is 0.264 e. The summed E-state index contributed by atoms with van der Waals surface area (Å²) in [6, 6.07) is 3.49. The molecule has 1 amide bonds. The van der Waals surface area contributed by atoms with E-state index in [9.17, 15) is 4.79 Å². The highest BCUT2D eigenvalue weighted by Gasteiger charge is 2.28. The molecule has 0 bridgehead atoms. The quantitative estimate of drug-likeness (QED) is 0.671. The van der Waals surface area contributed by atoms with E-state index in [1.165, 1.54) is 11.3 Å². The second kappa shape index (κ2) is 5.71. The van der Waals surface area contributed by atoms with Crippen molar-refractivity contribution >= 4 is 34.6 Å². The van der Waals surface area contributed by atoms with E-state index in [1.54, 1.807) is 12.1 Å². The molecule has 1 aromatic heterocycles. The van der Waals surface area contributed by atoms with Crippen LogP contribution in [-0.2, 0) is 0 Å². The van der Waals surface area contributed by atoms with Crippen molar-refractivity contribution in [2.45, 2.75) is 19.8 Å². The summed E-state index contributed by atoms with van der Waals surface area (Å²) in [6.07, 6.45) is 1.51. The van der Waals surface area contributed by atoms with Crippen LogP contribution in [0.15, 0.2) is 17.3 Å². The van der Waals surface area contributed by atoms with Gasteiger partial charge in [0.2, 0.25) is 0 Å². The molecule has 1 N–H and O–H groups in total. The third kappa shape index (κ3) is 2.67. The number of oxime groups is 1. The molecule has 1 saturated heterocycles. The van der Waals surface area contributed by atoms with Crippen molar-refractivity contribution in [1.29, 1.82) is 0 Å². The maximum absolute atomic E-state index is 12.2. The van der Waals surface area contributed by atoms with Gasteiger partial charge in [0.15, 0.2) is 0 Å². The van der Waals surface area contributed by atoms with Gasteiger partial charge >= 0.3 is 0 Å². The molecule has 0 spiro atoms.